The number of amides is 1. The summed E-state index contributed by atoms with van der Waals surface area (Å²) in [4.78, 5) is 16.2. The van der Waals surface area contributed by atoms with Crippen molar-refractivity contribution in [3.05, 3.63) is 16.0 Å². The molecule has 2 unspecified atom stereocenters. The molecule has 110 valence electrons. The summed E-state index contributed by atoms with van der Waals surface area (Å²) < 4.78 is 0. The maximum Gasteiger partial charge on any atom is 0.257 e. The Morgan fingerprint density at radius 3 is 2.50 bits per heavy atom. The summed E-state index contributed by atoms with van der Waals surface area (Å²) in [7, 11) is 0. The van der Waals surface area contributed by atoms with Crippen LogP contribution < -0.4 is 5.73 Å². The van der Waals surface area contributed by atoms with Crippen LogP contribution in [0, 0.1) is 0 Å². The van der Waals surface area contributed by atoms with Crippen molar-refractivity contribution in [2.75, 3.05) is 18.8 Å². The molecule has 2 N–H and O–H groups in total. The van der Waals surface area contributed by atoms with Gasteiger partial charge in [-0.25, -0.2) is 0 Å². The topological polar surface area (TPSA) is 46.3 Å². The average Bonchev–Trinajstić information content (AvgIpc) is 2.82. The molecule has 1 aliphatic heterocycles. The summed E-state index contributed by atoms with van der Waals surface area (Å²) in [5.74, 6) is 1.20. The number of anilines is 1. The lowest BCUT2D eigenvalue weighted by molar-refractivity contribution is 0.0724. The maximum absolute atomic E-state index is 12.9. The molecule has 0 saturated carbocycles. The number of nitrogens with two attached hydrogens (primary N) is 1. The van der Waals surface area contributed by atoms with E-state index < -0.39 is 0 Å². The van der Waals surface area contributed by atoms with Gasteiger partial charge in [-0.3, -0.25) is 4.79 Å². The standard InChI is InChI=1S/C16H24N2OS/c1-10-6-7-11(2)14-12(10)13(15(17)20-14)16(19)18-8-4-3-5-9-18/h10-11H,3-9,17H2,1-2H3. The quantitative estimate of drug-likeness (QED) is 0.851. The van der Waals surface area contributed by atoms with E-state index in [1.807, 2.05) is 4.90 Å². The molecule has 1 aromatic heterocycles. The molecule has 0 aromatic carbocycles. The van der Waals surface area contributed by atoms with E-state index in [-0.39, 0.29) is 5.91 Å². The lowest BCUT2D eigenvalue weighted by Gasteiger charge is -2.29. The van der Waals surface area contributed by atoms with E-state index in [1.165, 1.54) is 29.7 Å². The van der Waals surface area contributed by atoms with Crippen molar-refractivity contribution in [1.29, 1.82) is 0 Å². The predicted octanol–water partition coefficient (Wildman–Crippen LogP) is 3.96. The molecule has 0 spiro atoms. The predicted molar refractivity (Wildman–Crippen MR) is 84.5 cm³/mol. The zero-order chi connectivity index (χ0) is 14.3. The first kappa shape index (κ1) is 13.9. The Hall–Kier alpha value is -1.03. The highest BCUT2D eigenvalue weighted by atomic mass is 32.1. The maximum atomic E-state index is 12.9. The van der Waals surface area contributed by atoms with Crippen molar-refractivity contribution in [2.24, 2.45) is 0 Å². The number of carbonyl (C=O) groups is 1. The lowest BCUT2D eigenvalue weighted by Crippen LogP contribution is -2.36. The van der Waals surface area contributed by atoms with Crippen molar-refractivity contribution in [3.63, 3.8) is 0 Å². The Labute approximate surface area is 125 Å². The summed E-state index contributed by atoms with van der Waals surface area (Å²) in [5.41, 5.74) is 8.33. The number of hydrogen-bond donors (Lipinski definition) is 1. The minimum atomic E-state index is 0.181. The van der Waals surface area contributed by atoms with Crippen molar-refractivity contribution >= 4 is 22.2 Å². The Balaban J connectivity index is 1.98. The van der Waals surface area contributed by atoms with E-state index >= 15 is 0 Å². The molecular formula is C16H24N2OS. The van der Waals surface area contributed by atoms with Gasteiger partial charge in [-0.05, 0) is 49.5 Å². The van der Waals surface area contributed by atoms with Gasteiger partial charge in [0.2, 0.25) is 0 Å². The van der Waals surface area contributed by atoms with Crippen LogP contribution in [0.1, 0.15) is 78.6 Å². The number of nitrogens with zero attached hydrogens (tertiary/aromatic N) is 1. The fraction of sp³-hybridized carbons (Fsp3) is 0.688. The van der Waals surface area contributed by atoms with Gasteiger partial charge in [-0.2, -0.15) is 0 Å². The summed E-state index contributed by atoms with van der Waals surface area (Å²) in [6.07, 6.45) is 5.89. The Morgan fingerprint density at radius 2 is 1.80 bits per heavy atom. The molecule has 4 heteroatoms. The second-order valence-electron chi connectivity index (χ2n) is 6.35. The van der Waals surface area contributed by atoms with Crippen LogP contribution >= 0.6 is 11.3 Å². The molecule has 2 aliphatic rings. The van der Waals surface area contributed by atoms with E-state index in [9.17, 15) is 4.79 Å². The molecule has 0 bridgehead atoms. The summed E-state index contributed by atoms with van der Waals surface area (Å²) >= 11 is 1.65. The van der Waals surface area contributed by atoms with Crippen LogP contribution in [0.2, 0.25) is 0 Å². The minimum Gasteiger partial charge on any atom is -0.390 e. The normalized spacial score (nSPS) is 26.4. The fourth-order valence-corrected chi connectivity index (χ4v) is 4.86. The molecule has 1 amide bonds. The van der Waals surface area contributed by atoms with Gasteiger partial charge in [-0.15, -0.1) is 11.3 Å². The lowest BCUT2D eigenvalue weighted by atomic mass is 9.81. The average molecular weight is 292 g/mol. The second kappa shape index (κ2) is 5.40. The molecule has 20 heavy (non-hydrogen) atoms. The number of carbonyl (C=O) groups excluding carboxylic acids is 1. The van der Waals surface area contributed by atoms with Crippen LogP contribution in [0.5, 0.6) is 0 Å². The van der Waals surface area contributed by atoms with Gasteiger partial charge in [0.25, 0.3) is 5.91 Å². The van der Waals surface area contributed by atoms with Crippen LogP contribution in [-0.2, 0) is 0 Å². The Bertz CT molecular complexity index is 517. The Kier molecular flexibility index (Phi) is 3.76. The van der Waals surface area contributed by atoms with Gasteiger partial charge in [-0.1, -0.05) is 13.8 Å². The highest BCUT2D eigenvalue weighted by molar-refractivity contribution is 7.16. The SMILES string of the molecule is CC1CCC(C)c2c1sc(N)c2C(=O)N1CCCCC1. The molecule has 3 rings (SSSR count). The zero-order valence-corrected chi connectivity index (χ0v) is 13.3. The van der Waals surface area contributed by atoms with Crippen molar-refractivity contribution in [3.8, 4) is 0 Å². The van der Waals surface area contributed by atoms with Gasteiger partial charge in [0.1, 0.15) is 0 Å². The first-order valence-corrected chi connectivity index (χ1v) is 8.62. The van der Waals surface area contributed by atoms with Crippen LogP contribution in [0.25, 0.3) is 0 Å². The number of fused-ring (bicyclic) bond motifs is 1. The summed E-state index contributed by atoms with van der Waals surface area (Å²) in [5, 5.41) is 0.742. The van der Waals surface area contributed by atoms with Crippen molar-refractivity contribution in [2.45, 2.75) is 57.8 Å². The molecule has 1 aromatic rings. The smallest absolute Gasteiger partial charge is 0.257 e. The van der Waals surface area contributed by atoms with Gasteiger partial charge in [0.15, 0.2) is 0 Å². The van der Waals surface area contributed by atoms with Crippen molar-refractivity contribution in [1.82, 2.24) is 4.90 Å². The third-order valence-corrected chi connectivity index (χ3v) is 6.10. The molecule has 2 heterocycles. The summed E-state index contributed by atoms with van der Waals surface area (Å²) in [6.45, 7) is 6.29. The number of nitrogen functional groups attached to an aromatic ring is 1. The molecule has 1 saturated heterocycles. The molecule has 2 atom stereocenters. The van der Waals surface area contributed by atoms with Gasteiger partial charge >= 0.3 is 0 Å². The van der Waals surface area contributed by atoms with Gasteiger partial charge in [0, 0.05) is 18.0 Å². The number of rotatable bonds is 1. The summed E-state index contributed by atoms with van der Waals surface area (Å²) in [6, 6.07) is 0. The number of piperidine rings is 1. The van der Waals surface area contributed by atoms with E-state index in [2.05, 4.69) is 13.8 Å². The third-order valence-electron chi connectivity index (χ3n) is 4.83. The minimum absolute atomic E-state index is 0.181. The number of thiophene rings is 1. The second-order valence-corrected chi connectivity index (χ2v) is 7.44. The highest BCUT2D eigenvalue weighted by Crippen LogP contribution is 2.47. The number of hydrogen-bond acceptors (Lipinski definition) is 3. The fourth-order valence-electron chi connectivity index (χ4n) is 3.59. The third kappa shape index (κ3) is 2.24. The van der Waals surface area contributed by atoms with Crippen molar-refractivity contribution < 1.29 is 4.79 Å². The molecular weight excluding hydrogens is 268 g/mol. The molecule has 0 radical (unpaired) electrons. The van der Waals surface area contributed by atoms with E-state index in [4.69, 9.17) is 5.73 Å². The van der Waals surface area contributed by atoms with Gasteiger partial charge < -0.3 is 10.6 Å². The van der Waals surface area contributed by atoms with E-state index in [0.29, 0.717) is 11.8 Å². The van der Waals surface area contributed by atoms with Gasteiger partial charge in [0.05, 0.1) is 10.6 Å². The Morgan fingerprint density at radius 1 is 1.15 bits per heavy atom. The first-order chi connectivity index (χ1) is 9.59. The molecule has 1 aliphatic carbocycles. The largest absolute Gasteiger partial charge is 0.390 e. The molecule has 3 nitrogen and oxygen atoms in total. The van der Waals surface area contributed by atoms with Crippen LogP contribution in [-0.4, -0.2) is 23.9 Å². The van der Waals surface area contributed by atoms with Crippen LogP contribution in [0.15, 0.2) is 0 Å². The first-order valence-electron chi connectivity index (χ1n) is 7.81. The van der Waals surface area contributed by atoms with Crippen LogP contribution in [0.3, 0.4) is 0 Å². The van der Waals surface area contributed by atoms with Crippen LogP contribution in [0.4, 0.5) is 5.00 Å². The monoisotopic (exact) mass is 292 g/mol. The zero-order valence-electron chi connectivity index (χ0n) is 12.4. The number of likely N-dealkylation sites (tertiary alicyclic amines) is 1. The molecule has 1 fully saturated rings. The van der Waals surface area contributed by atoms with E-state index in [1.54, 1.807) is 11.3 Å². The highest BCUT2D eigenvalue weighted by Gasteiger charge is 2.33. The van der Waals surface area contributed by atoms with E-state index in [0.717, 1.165) is 36.5 Å².